The van der Waals surface area contributed by atoms with Gasteiger partial charge in [0, 0.05) is 28.7 Å². The summed E-state index contributed by atoms with van der Waals surface area (Å²) in [5, 5.41) is 4.02. The molecule has 3 nitrogen and oxygen atoms in total. The predicted octanol–water partition coefficient (Wildman–Crippen LogP) is 3.74. The SMILES string of the molecule is Cc1c(C(=O)N2C3CCNCC2CC3)sc2cccc(F)c12.Cl. The van der Waals surface area contributed by atoms with Crippen LogP contribution in [0.1, 0.15) is 34.5 Å². The molecule has 2 aliphatic heterocycles. The van der Waals surface area contributed by atoms with Crippen molar-refractivity contribution in [3.05, 3.63) is 34.5 Å². The van der Waals surface area contributed by atoms with Crippen LogP contribution in [0.15, 0.2) is 18.2 Å². The van der Waals surface area contributed by atoms with E-state index in [2.05, 4.69) is 10.2 Å². The van der Waals surface area contributed by atoms with Gasteiger partial charge >= 0.3 is 0 Å². The molecule has 2 bridgehead atoms. The molecule has 0 radical (unpaired) electrons. The Morgan fingerprint density at radius 1 is 1.30 bits per heavy atom. The van der Waals surface area contributed by atoms with Crippen LogP contribution in [0.5, 0.6) is 0 Å². The van der Waals surface area contributed by atoms with E-state index >= 15 is 0 Å². The topological polar surface area (TPSA) is 32.3 Å². The molecule has 124 valence electrons. The van der Waals surface area contributed by atoms with Crippen LogP contribution < -0.4 is 5.32 Å². The van der Waals surface area contributed by atoms with Gasteiger partial charge in [-0.15, -0.1) is 23.7 Å². The van der Waals surface area contributed by atoms with Crippen LogP contribution in [0.25, 0.3) is 10.1 Å². The predicted molar refractivity (Wildman–Crippen MR) is 94.2 cm³/mol. The van der Waals surface area contributed by atoms with Gasteiger partial charge in [0.05, 0.1) is 4.88 Å². The average Bonchev–Trinajstić information content (AvgIpc) is 2.95. The molecule has 0 spiro atoms. The molecule has 2 aromatic rings. The summed E-state index contributed by atoms with van der Waals surface area (Å²) in [7, 11) is 0. The molecule has 3 heterocycles. The first-order valence-corrected chi connectivity index (χ1v) is 8.69. The Morgan fingerprint density at radius 2 is 2.09 bits per heavy atom. The van der Waals surface area contributed by atoms with Crippen LogP contribution in [-0.4, -0.2) is 36.0 Å². The van der Waals surface area contributed by atoms with Crippen molar-refractivity contribution in [3.63, 3.8) is 0 Å². The minimum atomic E-state index is -0.231. The second kappa shape index (κ2) is 6.38. The van der Waals surface area contributed by atoms with E-state index in [0.717, 1.165) is 42.6 Å². The highest BCUT2D eigenvalue weighted by molar-refractivity contribution is 7.21. The largest absolute Gasteiger partial charge is 0.331 e. The number of amides is 1. The summed E-state index contributed by atoms with van der Waals surface area (Å²) in [6.45, 7) is 3.72. The van der Waals surface area contributed by atoms with Gasteiger partial charge in [-0.1, -0.05) is 6.07 Å². The maximum atomic E-state index is 14.1. The van der Waals surface area contributed by atoms with E-state index in [9.17, 15) is 9.18 Å². The lowest BCUT2D eigenvalue weighted by atomic mass is 10.1. The minimum absolute atomic E-state index is 0. The number of aryl methyl sites for hydroxylation is 1. The number of carbonyl (C=O) groups is 1. The summed E-state index contributed by atoms with van der Waals surface area (Å²) in [5.74, 6) is -0.139. The van der Waals surface area contributed by atoms with Crippen LogP contribution >= 0.6 is 23.7 Å². The van der Waals surface area contributed by atoms with Crippen molar-refractivity contribution in [2.75, 3.05) is 13.1 Å². The van der Waals surface area contributed by atoms with E-state index in [1.54, 1.807) is 6.07 Å². The summed E-state index contributed by atoms with van der Waals surface area (Å²) in [6.07, 6.45) is 3.18. The molecule has 1 aromatic heterocycles. The standard InChI is InChI=1S/C17H19FN2OS.ClH/c1-10-15-13(18)3-2-4-14(15)22-16(10)17(21)20-11-5-6-12(20)9-19-8-7-11;/h2-4,11-12,19H,5-9H2,1H3;1H. The first kappa shape index (κ1) is 16.7. The number of rotatable bonds is 1. The van der Waals surface area contributed by atoms with Crippen LogP contribution in [0.4, 0.5) is 4.39 Å². The van der Waals surface area contributed by atoms with Gasteiger partial charge in [-0.25, -0.2) is 4.39 Å². The lowest BCUT2D eigenvalue weighted by Gasteiger charge is -2.27. The van der Waals surface area contributed by atoms with Crippen molar-refractivity contribution in [1.82, 2.24) is 10.2 Å². The molecule has 2 saturated heterocycles. The first-order valence-electron chi connectivity index (χ1n) is 7.88. The molecule has 6 heteroatoms. The summed E-state index contributed by atoms with van der Waals surface area (Å²) in [5.41, 5.74) is 0.791. The molecule has 0 saturated carbocycles. The second-order valence-corrected chi connectivity index (χ2v) is 7.31. The third kappa shape index (κ3) is 2.65. The molecular weight excluding hydrogens is 335 g/mol. The van der Waals surface area contributed by atoms with E-state index < -0.39 is 0 Å². The molecule has 23 heavy (non-hydrogen) atoms. The third-order valence-corrected chi connectivity index (χ3v) is 6.23. The van der Waals surface area contributed by atoms with Gasteiger partial charge in [-0.05, 0) is 50.4 Å². The van der Waals surface area contributed by atoms with Crippen molar-refractivity contribution in [3.8, 4) is 0 Å². The van der Waals surface area contributed by atoms with Gasteiger partial charge in [0.25, 0.3) is 5.91 Å². The number of benzene rings is 1. The number of halogens is 2. The van der Waals surface area contributed by atoms with Gasteiger partial charge in [-0.3, -0.25) is 4.79 Å². The normalized spacial score (nSPS) is 23.7. The van der Waals surface area contributed by atoms with Gasteiger partial charge in [0.2, 0.25) is 0 Å². The van der Waals surface area contributed by atoms with E-state index in [0.29, 0.717) is 16.3 Å². The van der Waals surface area contributed by atoms with E-state index in [-0.39, 0.29) is 30.2 Å². The summed E-state index contributed by atoms with van der Waals surface area (Å²) < 4.78 is 14.9. The van der Waals surface area contributed by atoms with Crippen molar-refractivity contribution < 1.29 is 9.18 Å². The summed E-state index contributed by atoms with van der Waals surface area (Å²) in [4.78, 5) is 15.9. The number of hydrogen-bond donors (Lipinski definition) is 1. The fourth-order valence-corrected chi connectivity index (χ4v) is 5.06. The lowest BCUT2D eigenvalue weighted by molar-refractivity contribution is 0.0685. The summed E-state index contributed by atoms with van der Waals surface area (Å²) in [6, 6.07) is 5.69. The highest BCUT2D eigenvalue weighted by atomic mass is 35.5. The molecule has 4 rings (SSSR count). The molecule has 0 aliphatic carbocycles. The number of carbonyl (C=O) groups excluding carboxylic acids is 1. The fourth-order valence-electron chi connectivity index (χ4n) is 3.89. The Hall–Kier alpha value is -1.17. The molecule has 1 N–H and O–H groups in total. The fraction of sp³-hybridized carbons (Fsp3) is 0.471. The van der Waals surface area contributed by atoms with Gasteiger partial charge < -0.3 is 10.2 Å². The van der Waals surface area contributed by atoms with Gasteiger partial charge in [0.15, 0.2) is 0 Å². The quantitative estimate of drug-likeness (QED) is 0.846. The highest BCUT2D eigenvalue weighted by Gasteiger charge is 2.39. The van der Waals surface area contributed by atoms with E-state index in [4.69, 9.17) is 0 Å². The molecule has 2 fully saturated rings. The number of nitrogens with zero attached hydrogens (tertiary/aromatic N) is 1. The third-order valence-electron chi connectivity index (χ3n) is 4.99. The van der Waals surface area contributed by atoms with Crippen LogP contribution in [0, 0.1) is 12.7 Å². The zero-order valence-corrected chi connectivity index (χ0v) is 14.6. The van der Waals surface area contributed by atoms with Crippen LogP contribution in [0.3, 0.4) is 0 Å². The van der Waals surface area contributed by atoms with Crippen molar-refractivity contribution >= 4 is 39.7 Å². The van der Waals surface area contributed by atoms with Crippen LogP contribution in [0.2, 0.25) is 0 Å². The van der Waals surface area contributed by atoms with Crippen molar-refractivity contribution in [2.45, 2.75) is 38.3 Å². The minimum Gasteiger partial charge on any atom is -0.331 e. The first-order chi connectivity index (χ1) is 10.7. The molecule has 1 amide bonds. The molecule has 2 atom stereocenters. The monoisotopic (exact) mass is 354 g/mol. The van der Waals surface area contributed by atoms with Gasteiger partial charge in [-0.2, -0.15) is 0 Å². The maximum Gasteiger partial charge on any atom is 0.264 e. The van der Waals surface area contributed by atoms with Crippen molar-refractivity contribution in [2.24, 2.45) is 0 Å². The highest BCUT2D eigenvalue weighted by Crippen LogP contribution is 2.36. The zero-order chi connectivity index (χ0) is 15.3. The number of fused-ring (bicyclic) bond motifs is 3. The van der Waals surface area contributed by atoms with Crippen LogP contribution in [-0.2, 0) is 0 Å². The molecule has 2 unspecified atom stereocenters. The maximum absolute atomic E-state index is 14.1. The van der Waals surface area contributed by atoms with E-state index in [1.807, 2.05) is 13.0 Å². The van der Waals surface area contributed by atoms with Crippen molar-refractivity contribution in [1.29, 1.82) is 0 Å². The Balaban J connectivity index is 0.00000156. The van der Waals surface area contributed by atoms with Gasteiger partial charge in [0.1, 0.15) is 5.82 Å². The molecule has 2 aliphatic rings. The Bertz CT molecular complexity index is 734. The number of hydrogen-bond acceptors (Lipinski definition) is 3. The zero-order valence-electron chi connectivity index (χ0n) is 13.0. The Labute approximate surface area is 145 Å². The Morgan fingerprint density at radius 3 is 2.87 bits per heavy atom. The molecule has 1 aromatic carbocycles. The molecular formula is C17H20ClFN2OS. The number of nitrogens with one attached hydrogen (secondary N) is 1. The second-order valence-electron chi connectivity index (χ2n) is 6.26. The van der Waals surface area contributed by atoms with E-state index in [1.165, 1.54) is 17.4 Å². The Kier molecular flexibility index (Phi) is 4.63. The number of thiophene rings is 1. The smallest absolute Gasteiger partial charge is 0.264 e. The lowest BCUT2D eigenvalue weighted by Crippen LogP contribution is -2.42. The average molecular weight is 355 g/mol. The summed E-state index contributed by atoms with van der Waals surface area (Å²) >= 11 is 1.43.